The molecule has 0 saturated carbocycles. The summed E-state index contributed by atoms with van der Waals surface area (Å²) in [4.78, 5) is 5.98. The summed E-state index contributed by atoms with van der Waals surface area (Å²) >= 11 is 0. The van der Waals surface area contributed by atoms with Gasteiger partial charge in [0.2, 0.25) is 0 Å². The third-order valence-corrected chi connectivity index (χ3v) is 1.85. The van der Waals surface area contributed by atoms with Crippen LogP contribution in [0.4, 0.5) is 5.82 Å². The van der Waals surface area contributed by atoms with Crippen LogP contribution in [0, 0.1) is 0 Å². The lowest BCUT2D eigenvalue weighted by Gasteiger charge is -2.19. The monoisotopic (exact) mass is 174 g/mol. The minimum absolute atomic E-state index is 0.211. The number of hydrogen-bond acceptors (Lipinski definition) is 3. The molecule has 0 fully saturated rings. The van der Waals surface area contributed by atoms with Gasteiger partial charge in [0.15, 0.2) is 11.6 Å². The van der Waals surface area contributed by atoms with Gasteiger partial charge in [-0.2, -0.15) is 0 Å². The average molecular weight is 174 g/mol. The number of hydrogen-bond donors (Lipinski definition) is 1. The maximum Gasteiger partial charge on any atom is 0.175 e. The Labute approximate surface area is 76.6 Å². The number of allylic oxidation sites excluding steroid dienone is 2. The quantitative estimate of drug-likeness (QED) is 0.703. The number of anilines is 1. The summed E-state index contributed by atoms with van der Waals surface area (Å²) in [5.41, 5.74) is 0. The molecular weight excluding hydrogens is 164 g/mol. The fourth-order valence-electron chi connectivity index (χ4n) is 1.23. The summed E-state index contributed by atoms with van der Waals surface area (Å²) < 4.78 is 0. The summed E-state index contributed by atoms with van der Waals surface area (Å²) in [7, 11) is 0. The number of pyridine rings is 1. The first kappa shape index (κ1) is 7.86. The Bertz CT molecular complexity index is 358. The van der Waals surface area contributed by atoms with Crippen LogP contribution in [-0.4, -0.2) is 16.6 Å². The standard InChI is InChI=1S/C10H10N2O/c13-9-5-4-6-11-10(9)12-7-2-1-3-8-12/h1-7,13H,8H2. The van der Waals surface area contributed by atoms with E-state index in [1.54, 1.807) is 18.3 Å². The molecule has 66 valence electrons. The Morgan fingerprint density at radius 3 is 3.00 bits per heavy atom. The molecule has 0 radical (unpaired) electrons. The van der Waals surface area contributed by atoms with E-state index in [1.165, 1.54) is 0 Å². The molecular formula is C10H10N2O. The molecule has 13 heavy (non-hydrogen) atoms. The fourth-order valence-corrected chi connectivity index (χ4v) is 1.23. The molecule has 0 unspecified atom stereocenters. The van der Waals surface area contributed by atoms with Gasteiger partial charge in [0, 0.05) is 18.9 Å². The van der Waals surface area contributed by atoms with Crippen molar-refractivity contribution in [3.63, 3.8) is 0 Å². The van der Waals surface area contributed by atoms with E-state index in [0.717, 1.165) is 6.54 Å². The molecule has 3 nitrogen and oxygen atoms in total. The Hall–Kier alpha value is -1.77. The van der Waals surface area contributed by atoms with Gasteiger partial charge in [0.25, 0.3) is 0 Å². The maximum absolute atomic E-state index is 9.50. The van der Waals surface area contributed by atoms with E-state index in [0.29, 0.717) is 5.82 Å². The van der Waals surface area contributed by atoms with Crippen LogP contribution in [0.2, 0.25) is 0 Å². The molecule has 2 rings (SSSR count). The number of rotatable bonds is 1. The summed E-state index contributed by atoms with van der Waals surface area (Å²) in [6.45, 7) is 0.751. The molecule has 2 heterocycles. The molecule has 1 aromatic heterocycles. The van der Waals surface area contributed by atoms with Gasteiger partial charge in [-0.05, 0) is 18.2 Å². The Kier molecular flexibility index (Phi) is 2.00. The summed E-state index contributed by atoms with van der Waals surface area (Å²) in [6.07, 6.45) is 9.45. The number of aromatic hydroxyl groups is 1. The number of aromatic nitrogens is 1. The topological polar surface area (TPSA) is 36.4 Å². The molecule has 1 aromatic rings. The molecule has 3 heteroatoms. The first-order valence-electron chi connectivity index (χ1n) is 4.12. The van der Waals surface area contributed by atoms with Gasteiger partial charge in [-0.1, -0.05) is 12.2 Å². The lowest BCUT2D eigenvalue weighted by Crippen LogP contribution is -2.18. The molecule has 1 N–H and O–H groups in total. The molecule has 1 aliphatic heterocycles. The normalized spacial score (nSPS) is 14.9. The van der Waals surface area contributed by atoms with Crippen molar-refractivity contribution >= 4 is 5.82 Å². The first-order chi connectivity index (χ1) is 6.38. The second kappa shape index (κ2) is 3.31. The highest BCUT2D eigenvalue weighted by atomic mass is 16.3. The molecule has 0 atom stereocenters. The van der Waals surface area contributed by atoms with E-state index >= 15 is 0 Å². The van der Waals surface area contributed by atoms with Crippen LogP contribution >= 0.6 is 0 Å². The zero-order valence-corrected chi connectivity index (χ0v) is 7.09. The zero-order chi connectivity index (χ0) is 9.10. The largest absolute Gasteiger partial charge is 0.504 e. The maximum atomic E-state index is 9.50. The van der Waals surface area contributed by atoms with E-state index < -0.39 is 0 Å². The van der Waals surface area contributed by atoms with Gasteiger partial charge < -0.3 is 10.0 Å². The van der Waals surface area contributed by atoms with Crippen LogP contribution in [0.3, 0.4) is 0 Å². The van der Waals surface area contributed by atoms with Gasteiger partial charge in [-0.25, -0.2) is 4.98 Å². The van der Waals surface area contributed by atoms with Gasteiger partial charge in [-0.3, -0.25) is 0 Å². The highest BCUT2D eigenvalue weighted by Crippen LogP contribution is 2.24. The molecule has 0 bridgehead atoms. The Morgan fingerprint density at radius 2 is 2.31 bits per heavy atom. The van der Waals surface area contributed by atoms with E-state index in [-0.39, 0.29) is 5.75 Å². The van der Waals surface area contributed by atoms with Crippen molar-refractivity contribution in [2.45, 2.75) is 0 Å². The Morgan fingerprint density at radius 1 is 1.38 bits per heavy atom. The smallest absolute Gasteiger partial charge is 0.175 e. The second-order valence-corrected chi connectivity index (χ2v) is 2.77. The van der Waals surface area contributed by atoms with E-state index in [1.807, 2.05) is 29.3 Å². The van der Waals surface area contributed by atoms with Crippen molar-refractivity contribution in [3.8, 4) is 5.75 Å². The molecule has 0 amide bonds. The van der Waals surface area contributed by atoms with Gasteiger partial charge in [-0.15, -0.1) is 0 Å². The van der Waals surface area contributed by atoms with Crippen LogP contribution in [0.1, 0.15) is 0 Å². The van der Waals surface area contributed by atoms with Crippen molar-refractivity contribution in [3.05, 3.63) is 42.8 Å². The minimum Gasteiger partial charge on any atom is -0.504 e. The lowest BCUT2D eigenvalue weighted by atomic mass is 10.3. The molecule has 0 aliphatic carbocycles. The van der Waals surface area contributed by atoms with Gasteiger partial charge in [0.1, 0.15) is 0 Å². The zero-order valence-electron chi connectivity index (χ0n) is 7.09. The van der Waals surface area contributed by atoms with Crippen LogP contribution in [0.15, 0.2) is 42.8 Å². The highest BCUT2D eigenvalue weighted by molar-refractivity contribution is 5.54. The van der Waals surface area contributed by atoms with Crippen LogP contribution in [0.25, 0.3) is 0 Å². The molecule has 0 aromatic carbocycles. The van der Waals surface area contributed by atoms with Crippen LogP contribution < -0.4 is 4.90 Å². The number of nitrogens with zero attached hydrogens (tertiary/aromatic N) is 2. The van der Waals surface area contributed by atoms with Crippen molar-refractivity contribution in [2.75, 3.05) is 11.4 Å². The van der Waals surface area contributed by atoms with E-state index in [4.69, 9.17) is 0 Å². The summed E-state index contributed by atoms with van der Waals surface area (Å²) in [5, 5.41) is 9.50. The molecule has 1 aliphatic rings. The Balaban J connectivity index is 2.30. The van der Waals surface area contributed by atoms with Crippen molar-refractivity contribution in [2.24, 2.45) is 0 Å². The summed E-state index contributed by atoms with van der Waals surface area (Å²) in [6, 6.07) is 3.34. The predicted molar refractivity (Wildman–Crippen MR) is 51.5 cm³/mol. The van der Waals surface area contributed by atoms with Gasteiger partial charge >= 0.3 is 0 Å². The van der Waals surface area contributed by atoms with Crippen LogP contribution in [-0.2, 0) is 0 Å². The third kappa shape index (κ3) is 1.54. The fraction of sp³-hybridized carbons (Fsp3) is 0.100. The summed E-state index contributed by atoms with van der Waals surface area (Å²) in [5.74, 6) is 0.811. The average Bonchev–Trinajstić information content (AvgIpc) is 2.20. The molecule has 0 spiro atoms. The van der Waals surface area contributed by atoms with E-state index in [9.17, 15) is 5.11 Å². The van der Waals surface area contributed by atoms with Crippen molar-refractivity contribution < 1.29 is 5.11 Å². The second-order valence-electron chi connectivity index (χ2n) is 2.77. The third-order valence-electron chi connectivity index (χ3n) is 1.85. The minimum atomic E-state index is 0.211. The predicted octanol–water partition coefficient (Wildman–Crippen LogP) is 1.68. The molecule has 0 saturated heterocycles. The van der Waals surface area contributed by atoms with Gasteiger partial charge in [0.05, 0.1) is 0 Å². The first-order valence-corrected chi connectivity index (χ1v) is 4.12. The SMILES string of the molecule is Oc1cccnc1N1C=CC=CC1. The highest BCUT2D eigenvalue weighted by Gasteiger charge is 2.08. The van der Waals surface area contributed by atoms with Crippen LogP contribution in [0.5, 0.6) is 5.75 Å². The van der Waals surface area contributed by atoms with Crippen molar-refractivity contribution in [1.82, 2.24) is 4.98 Å². The van der Waals surface area contributed by atoms with E-state index in [2.05, 4.69) is 4.98 Å². The van der Waals surface area contributed by atoms with Crippen molar-refractivity contribution in [1.29, 1.82) is 0 Å². The lowest BCUT2D eigenvalue weighted by molar-refractivity contribution is 0.473.